The van der Waals surface area contributed by atoms with Crippen molar-refractivity contribution >= 4 is 39.8 Å². The van der Waals surface area contributed by atoms with Crippen LogP contribution < -0.4 is 5.32 Å². The third-order valence-corrected chi connectivity index (χ3v) is 5.28. The molecule has 0 aliphatic carbocycles. The van der Waals surface area contributed by atoms with Crippen LogP contribution in [0.15, 0.2) is 79.0 Å². The Morgan fingerprint density at radius 1 is 1.09 bits per heavy atom. The summed E-state index contributed by atoms with van der Waals surface area (Å²) < 4.78 is 1.84. The van der Waals surface area contributed by atoms with E-state index >= 15 is 0 Å². The molecule has 0 saturated carbocycles. The molecule has 0 saturated heterocycles. The lowest BCUT2D eigenvalue weighted by Crippen LogP contribution is -2.18. The van der Waals surface area contributed by atoms with Gasteiger partial charge in [0.15, 0.2) is 0 Å². The van der Waals surface area contributed by atoms with Crippen LogP contribution in [-0.4, -0.2) is 15.4 Å². The molecule has 1 aromatic heterocycles. The van der Waals surface area contributed by atoms with E-state index in [0.717, 1.165) is 27.7 Å². The lowest BCUT2D eigenvalue weighted by Gasteiger charge is -2.07. The van der Waals surface area contributed by atoms with Crippen LogP contribution in [0.2, 0.25) is 0 Å². The highest BCUT2D eigenvalue weighted by Gasteiger charge is 2.12. The molecule has 0 fully saturated rings. The highest BCUT2D eigenvalue weighted by molar-refractivity contribution is 5.99. The van der Waals surface area contributed by atoms with E-state index < -0.39 is 4.92 Å². The second kappa shape index (κ2) is 9.20. The molecule has 7 nitrogen and oxygen atoms in total. The topological polar surface area (TPSA) is 101 Å². The van der Waals surface area contributed by atoms with Gasteiger partial charge in [0.1, 0.15) is 6.54 Å². The average Bonchev–Trinajstić information content (AvgIpc) is 3.16. The molecule has 0 aliphatic rings. The minimum atomic E-state index is -0.477. The molecule has 4 aromatic rings. The van der Waals surface area contributed by atoms with Gasteiger partial charge in [-0.15, -0.1) is 0 Å². The maximum atomic E-state index is 12.7. The van der Waals surface area contributed by atoms with E-state index in [1.807, 2.05) is 66.2 Å². The third-order valence-electron chi connectivity index (χ3n) is 5.28. The first-order chi connectivity index (χ1) is 15.9. The summed E-state index contributed by atoms with van der Waals surface area (Å²) in [7, 11) is 0. The van der Waals surface area contributed by atoms with Gasteiger partial charge in [0.25, 0.3) is 5.69 Å². The standard InChI is InChI=1S/C26H20N4O3/c1-18-6-10-22(11-7-18)28-26(31)17-29-16-21(24-4-2-3-5-25(24)29)14-20(15-27)19-8-12-23(13-9-19)30(32)33/h2-14,16H,17H2,1H3,(H,28,31)/b20-14-. The van der Waals surface area contributed by atoms with Gasteiger partial charge in [-0.2, -0.15) is 5.26 Å². The Hall–Kier alpha value is -4.70. The predicted octanol–water partition coefficient (Wildman–Crippen LogP) is 5.56. The number of rotatable bonds is 6. The first-order valence-corrected chi connectivity index (χ1v) is 10.3. The summed E-state index contributed by atoms with van der Waals surface area (Å²) in [5.74, 6) is -0.161. The number of nitro groups is 1. The number of allylic oxidation sites excluding steroid dienone is 1. The zero-order chi connectivity index (χ0) is 23.4. The molecule has 1 amide bonds. The number of para-hydroxylation sites is 1. The van der Waals surface area contributed by atoms with Gasteiger partial charge in [-0.1, -0.05) is 35.9 Å². The van der Waals surface area contributed by atoms with E-state index in [4.69, 9.17) is 0 Å². The van der Waals surface area contributed by atoms with Crippen molar-refractivity contribution in [3.63, 3.8) is 0 Å². The van der Waals surface area contributed by atoms with Gasteiger partial charge in [0.05, 0.1) is 16.6 Å². The lowest BCUT2D eigenvalue weighted by atomic mass is 10.0. The summed E-state index contributed by atoms with van der Waals surface area (Å²) in [6, 6.07) is 23.3. The quantitative estimate of drug-likeness (QED) is 0.243. The predicted molar refractivity (Wildman–Crippen MR) is 128 cm³/mol. The van der Waals surface area contributed by atoms with Gasteiger partial charge < -0.3 is 9.88 Å². The molecule has 0 spiro atoms. The van der Waals surface area contributed by atoms with Crippen LogP contribution in [0.1, 0.15) is 16.7 Å². The molecule has 1 N–H and O–H groups in total. The molecule has 0 unspecified atom stereocenters. The van der Waals surface area contributed by atoms with Crippen molar-refractivity contribution in [3.8, 4) is 6.07 Å². The minimum Gasteiger partial charge on any atom is -0.337 e. The molecule has 1 heterocycles. The fourth-order valence-corrected chi connectivity index (χ4v) is 3.61. The maximum absolute atomic E-state index is 12.7. The van der Waals surface area contributed by atoms with Crippen molar-refractivity contribution in [1.82, 2.24) is 4.57 Å². The first kappa shape index (κ1) is 21.5. The van der Waals surface area contributed by atoms with Crippen LogP contribution in [0.4, 0.5) is 11.4 Å². The number of nitrogens with zero attached hydrogens (tertiary/aromatic N) is 3. The summed E-state index contributed by atoms with van der Waals surface area (Å²) in [4.78, 5) is 23.1. The number of nitrogens with one attached hydrogen (secondary N) is 1. The molecular formula is C26H20N4O3. The number of carbonyl (C=O) groups is 1. The molecular weight excluding hydrogens is 416 g/mol. The molecule has 3 aromatic carbocycles. The number of fused-ring (bicyclic) bond motifs is 1. The van der Waals surface area contributed by atoms with Crippen molar-refractivity contribution in [2.45, 2.75) is 13.5 Å². The molecule has 33 heavy (non-hydrogen) atoms. The number of nitro benzene ring substituents is 1. The van der Waals surface area contributed by atoms with E-state index in [0.29, 0.717) is 11.1 Å². The monoisotopic (exact) mass is 436 g/mol. The van der Waals surface area contributed by atoms with E-state index in [9.17, 15) is 20.2 Å². The molecule has 4 rings (SSSR count). The zero-order valence-electron chi connectivity index (χ0n) is 17.9. The SMILES string of the molecule is Cc1ccc(NC(=O)Cn2cc(/C=C(/C#N)c3ccc([N+](=O)[O-])cc3)c3ccccc32)cc1. The van der Waals surface area contributed by atoms with Crippen molar-refractivity contribution in [1.29, 1.82) is 5.26 Å². The molecule has 0 atom stereocenters. The average molecular weight is 436 g/mol. The van der Waals surface area contributed by atoms with E-state index in [2.05, 4.69) is 11.4 Å². The van der Waals surface area contributed by atoms with Crippen molar-refractivity contribution < 1.29 is 9.72 Å². The van der Waals surface area contributed by atoms with E-state index in [-0.39, 0.29) is 18.1 Å². The van der Waals surface area contributed by atoms with E-state index in [1.54, 1.807) is 18.2 Å². The second-order valence-corrected chi connectivity index (χ2v) is 7.62. The first-order valence-electron chi connectivity index (χ1n) is 10.3. The van der Waals surface area contributed by atoms with E-state index in [1.165, 1.54) is 12.1 Å². The van der Waals surface area contributed by atoms with Gasteiger partial charge >= 0.3 is 0 Å². The number of non-ortho nitro benzene ring substituents is 1. The summed E-state index contributed by atoms with van der Waals surface area (Å²) in [5.41, 5.74) is 4.41. The summed E-state index contributed by atoms with van der Waals surface area (Å²) in [5, 5.41) is 24.4. The Labute approximate surface area is 190 Å². The van der Waals surface area contributed by atoms with Gasteiger partial charge in [0, 0.05) is 40.5 Å². The highest BCUT2D eigenvalue weighted by atomic mass is 16.6. The Balaban J connectivity index is 1.64. The number of hydrogen-bond donors (Lipinski definition) is 1. The minimum absolute atomic E-state index is 0.0350. The number of amides is 1. The number of benzene rings is 3. The fourth-order valence-electron chi connectivity index (χ4n) is 3.61. The summed E-state index contributed by atoms with van der Waals surface area (Å²) >= 11 is 0. The van der Waals surface area contributed by atoms with Crippen molar-refractivity contribution in [2.24, 2.45) is 0 Å². The van der Waals surface area contributed by atoms with Crippen molar-refractivity contribution in [3.05, 3.63) is 106 Å². The van der Waals surface area contributed by atoms with Crippen LogP contribution in [0.5, 0.6) is 0 Å². The second-order valence-electron chi connectivity index (χ2n) is 7.62. The number of anilines is 1. The molecule has 7 heteroatoms. The zero-order valence-corrected chi connectivity index (χ0v) is 17.9. The van der Waals surface area contributed by atoms with Gasteiger partial charge in [-0.25, -0.2) is 0 Å². The number of hydrogen-bond acceptors (Lipinski definition) is 4. The maximum Gasteiger partial charge on any atom is 0.269 e. The smallest absolute Gasteiger partial charge is 0.269 e. The van der Waals surface area contributed by atoms with Gasteiger partial charge in [0.2, 0.25) is 5.91 Å². The number of aromatic nitrogens is 1. The van der Waals surface area contributed by atoms with Crippen LogP contribution in [0, 0.1) is 28.4 Å². The normalized spacial score (nSPS) is 11.2. The van der Waals surface area contributed by atoms with Gasteiger partial charge in [-0.05, 0) is 48.9 Å². The van der Waals surface area contributed by atoms with Gasteiger partial charge in [-0.3, -0.25) is 14.9 Å². The summed E-state index contributed by atoms with van der Waals surface area (Å²) in [6.07, 6.45) is 3.57. The van der Waals surface area contributed by atoms with Crippen LogP contribution >= 0.6 is 0 Å². The number of nitriles is 1. The Bertz CT molecular complexity index is 1410. The molecule has 0 bridgehead atoms. The fraction of sp³-hybridized carbons (Fsp3) is 0.0769. The Kier molecular flexibility index (Phi) is 6.00. The lowest BCUT2D eigenvalue weighted by molar-refractivity contribution is -0.384. The highest BCUT2D eigenvalue weighted by Crippen LogP contribution is 2.27. The number of aryl methyl sites for hydroxylation is 1. The molecule has 162 valence electrons. The Morgan fingerprint density at radius 3 is 2.45 bits per heavy atom. The van der Waals surface area contributed by atoms with Crippen LogP contribution in [0.25, 0.3) is 22.6 Å². The van der Waals surface area contributed by atoms with Crippen LogP contribution in [-0.2, 0) is 11.3 Å². The van der Waals surface area contributed by atoms with Crippen molar-refractivity contribution in [2.75, 3.05) is 5.32 Å². The number of carbonyl (C=O) groups excluding carboxylic acids is 1. The summed E-state index contributed by atoms with van der Waals surface area (Å²) in [6.45, 7) is 2.10. The molecule has 0 aliphatic heterocycles. The third kappa shape index (κ3) is 4.81. The molecule has 0 radical (unpaired) electrons. The van der Waals surface area contributed by atoms with Crippen LogP contribution in [0.3, 0.4) is 0 Å². The Morgan fingerprint density at radius 2 is 1.79 bits per heavy atom. The largest absolute Gasteiger partial charge is 0.337 e.